The van der Waals surface area contributed by atoms with Crippen LogP contribution in [0.2, 0.25) is 10.2 Å². The van der Waals surface area contributed by atoms with E-state index in [-0.39, 0.29) is 0 Å². The molecule has 4 rings (SSSR count). The third kappa shape index (κ3) is 3.80. The number of hydrogen-bond acceptors (Lipinski definition) is 4. The Labute approximate surface area is 172 Å². The van der Waals surface area contributed by atoms with Crippen LogP contribution in [-0.4, -0.2) is 24.5 Å². The molecule has 0 saturated heterocycles. The van der Waals surface area contributed by atoms with E-state index in [9.17, 15) is 0 Å². The van der Waals surface area contributed by atoms with E-state index in [1.807, 2.05) is 55.6 Å². The lowest BCUT2D eigenvalue weighted by Crippen LogP contribution is -2.16. The van der Waals surface area contributed by atoms with Crippen LogP contribution in [-0.2, 0) is 13.1 Å². The maximum atomic E-state index is 6.60. The zero-order chi connectivity index (χ0) is 19.5. The van der Waals surface area contributed by atoms with Crippen LogP contribution in [0.15, 0.2) is 61.1 Å². The second-order valence-corrected chi connectivity index (χ2v) is 7.08. The second kappa shape index (κ2) is 8.14. The standard InChI is InChI=1S/C20H18Cl2N6/c1-14-18(19(22)28(26-14)17-7-2-6-16(21)11-17)13-23-12-15-5-3-8-24-20(15)27-10-4-9-25-27/h2-11,23H,12-13H2,1H3. The van der Waals surface area contributed by atoms with Crippen molar-refractivity contribution < 1.29 is 0 Å². The summed E-state index contributed by atoms with van der Waals surface area (Å²) in [5.74, 6) is 0.803. The highest BCUT2D eigenvalue weighted by molar-refractivity contribution is 6.31. The molecule has 0 bridgehead atoms. The van der Waals surface area contributed by atoms with E-state index in [2.05, 4.69) is 20.5 Å². The summed E-state index contributed by atoms with van der Waals surface area (Å²) in [4.78, 5) is 4.44. The fraction of sp³-hybridized carbons (Fsp3) is 0.150. The predicted octanol–water partition coefficient (Wildman–Crippen LogP) is 4.36. The van der Waals surface area contributed by atoms with Gasteiger partial charge in [-0.2, -0.15) is 10.2 Å². The number of pyridine rings is 1. The predicted molar refractivity (Wildman–Crippen MR) is 110 cm³/mol. The van der Waals surface area contributed by atoms with Gasteiger partial charge >= 0.3 is 0 Å². The van der Waals surface area contributed by atoms with E-state index in [0.29, 0.717) is 23.3 Å². The van der Waals surface area contributed by atoms with Gasteiger partial charge in [0.2, 0.25) is 0 Å². The highest BCUT2D eigenvalue weighted by atomic mass is 35.5. The first-order chi connectivity index (χ1) is 13.6. The van der Waals surface area contributed by atoms with Gasteiger partial charge in [-0.3, -0.25) is 0 Å². The first-order valence-electron chi connectivity index (χ1n) is 8.78. The van der Waals surface area contributed by atoms with Crippen molar-refractivity contribution in [2.24, 2.45) is 0 Å². The van der Waals surface area contributed by atoms with Crippen LogP contribution >= 0.6 is 23.2 Å². The molecule has 0 saturated carbocycles. The van der Waals surface area contributed by atoms with Crippen LogP contribution in [0.5, 0.6) is 0 Å². The molecule has 3 heterocycles. The molecular formula is C20H18Cl2N6. The van der Waals surface area contributed by atoms with Crippen LogP contribution in [0.4, 0.5) is 0 Å². The topological polar surface area (TPSA) is 60.6 Å². The smallest absolute Gasteiger partial charge is 0.157 e. The molecule has 0 atom stereocenters. The van der Waals surface area contributed by atoms with Crippen LogP contribution in [0, 0.1) is 6.92 Å². The molecule has 0 spiro atoms. The largest absolute Gasteiger partial charge is 0.308 e. The average Bonchev–Trinajstić information content (AvgIpc) is 3.32. The van der Waals surface area contributed by atoms with Gasteiger partial charge in [-0.1, -0.05) is 35.3 Å². The van der Waals surface area contributed by atoms with Crippen LogP contribution in [0.3, 0.4) is 0 Å². The quantitative estimate of drug-likeness (QED) is 0.510. The molecular weight excluding hydrogens is 395 g/mol. The van der Waals surface area contributed by atoms with Gasteiger partial charge in [-0.15, -0.1) is 0 Å². The SMILES string of the molecule is Cc1nn(-c2cccc(Cl)c2)c(Cl)c1CNCc1cccnc1-n1cccn1. The minimum Gasteiger partial charge on any atom is -0.308 e. The Bertz CT molecular complexity index is 1090. The van der Waals surface area contributed by atoms with Gasteiger partial charge < -0.3 is 5.32 Å². The Morgan fingerprint density at radius 2 is 1.93 bits per heavy atom. The molecule has 8 heteroatoms. The molecule has 0 radical (unpaired) electrons. The molecule has 3 aromatic heterocycles. The van der Waals surface area contributed by atoms with Gasteiger partial charge in [-0.05, 0) is 37.3 Å². The summed E-state index contributed by atoms with van der Waals surface area (Å²) in [6.45, 7) is 3.16. The maximum absolute atomic E-state index is 6.60. The van der Waals surface area contributed by atoms with Crippen LogP contribution < -0.4 is 5.32 Å². The number of halogens is 2. The van der Waals surface area contributed by atoms with Crippen molar-refractivity contribution in [1.29, 1.82) is 0 Å². The van der Waals surface area contributed by atoms with Gasteiger partial charge in [0.15, 0.2) is 5.82 Å². The molecule has 6 nitrogen and oxygen atoms in total. The fourth-order valence-electron chi connectivity index (χ4n) is 3.00. The number of rotatable bonds is 6. The molecule has 0 unspecified atom stereocenters. The van der Waals surface area contributed by atoms with Crippen LogP contribution in [0.25, 0.3) is 11.5 Å². The zero-order valence-corrected chi connectivity index (χ0v) is 16.7. The third-order valence-electron chi connectivity index (χ3n) is 4.38. The number of aromatic nitrogens is 5. The summed E-state index contributed by atoms with van der Waals surface area (Å²) in [5.41, 5.74) is 3.70. The van der Waals surface area contributed by atoms with Gasteiger partial charge in [0.05, 0.1) is 11.4 Å². The molecule has 0 aliphatic heterocycles. The first kappa shape index (κ1) is 18.7. The lowest BCUT2D eigenvalue weighted by atomic mass is 10.2. The molecule has 0 aliphatic rings. The third-order valence-corrected chi connectivity index (χ3v) is 5.00. The highest BCUT2D eigenvalue weighted by Gasteiger charge is 2.15. The number of benzene rings is 1. The van der Waals surface area contributed by atoms with Crippen molar-refractivity contribution in [3.8, 4) is 11.5 Å². The van der Waals surface area contributed by atoms with Crippen LogP contribution in [0.1, 0.15) is 16.8 Å². The van der Waals surface area contributed by atoms with Crippen molar-refractivity contribution in [2.45, 2.75) is 20.0 Å². The maximum Gasteiger partial charge on any atom is 0.157 e. The van der Waals surface area contributed by atoms with Crippen molar-refractivity contribution in [2.75, 3.05) is 0 Å². The molecule has 142 valence electrons. The molecule has 1 N–H and O–H groups in total. The number of nitrogens with zero attached hydrogens (tertiary/aromatic N) is 5. The van der Waals surface area contributed by atoms with E-state index >= 15 is 0 Å². The first-order valence-corrected chi connectivity index (χ1v) is 9.53. The Kier molecular flexibility index (Phi) is 5.43. The molecule has 0 amide bonds. The second-order valence-electron chi connectivity index (χ2n) is 6.29. The fourth-order valence-corrected chi connectivity index (χ4v) is 3.53. The highest BCUT2D eigenvalue weighted by Crippen LogP contribution is 2.25. The molecule has 4 aromatic rings. The van der Waals surface area contributed by atoms with Crippen molar-refractivity contribution in [1.82, 2.24) is 29.9 Å². The normalized spacial score (nSPS) is 11.1. The minimum atomic E-state index is 0.575. The van der Waals surface area contributed by atoms with E-state index in [4.69, 9.17) is 23.2 Å². The Morgan fingerprint density at radius 1 is 1.04 bits per heavy atom. The minimum absolute atomic E-state index is 0.575. The Hall–Kier alpha value is -2.67. The summed E-state index contributed by atoms with van der Waals surface area (Å²) >= 11 is 12.7. The summed E-state index contributed by atoms with van der Waals surface area (Å²) in [6.07, 6.45) is 5.37. The van der Waals surface area contributed by atoms with Gasteiger partial charge in [-0.25, -0.2) is 14.3 Å². The number of hydrogen-bond donors (Lipinski definition) is 1. The van der Waals surface area contributed by atoms with Gasteiger partial charge in [0.25, 0.3) is 0 Å². The summed E-state index contributed by atoms with van der Waals surface area (Å²) in [5, 5.41) is 13.5. The molecule has 28 heavy (non-hydrogen) atoms. The van der Waals surface area contributed by atoms with Crippen molar-refractivity contribution in [3.63, 3.8) is 0 Å². The van der Waals surface area contributed by atoms with E-state index in [0.717, 1.165) is 28.3 Å². The molecule has 1 aromatic carbocycles. The summed E-state index contributed by atoms with van der Waals surface area (Å²) in [6, 6.07) is 13.3. The average molecular weight is 413 g/mol. The monoisotopic (exact) mass is 412 g/mol. The molecule has 0 fully saturated rings. The van der Waals surface area contributed by atoms with E-state index < -0.39 is 0 Å². The number of aryl methyl sites for hydroxylation is 1. The zero-order valence-electron chi connectivity index (χ0n) is 15.2. The summed E-state index contributed by atoms with van der Waals surface area (Å²) in [7, 11) is 0. The van der Waals surface area contributed by atoms with Crippen molar-refractivity contribution >= 4 is 23.2 Å². The van der Waals surface area contributed by atoms with Crippen molar-refractivity contribution in [3.05, 3.63) is 88.1 Å². The Morgan fingerprint density at radius 3 is 2.71 bits per heavy atom. The Balaban J connectivity index is 1.51. The lowest BCUT2D eigenvalue weighted by molar-refractivity contribution is 0.679. The molecule has 0 aliphatic carbocycles. The van der Waals surface area contributed by atoms with Gasteiger partial charge in [0.1, 0.15) is 5.15 Å². The lowest BCUT2D eigenvalue weighted by Gasteiger charge is -2.10. The summed E-state index contributed by atoms with van der Waals surface area (Å²) < 4.78 is 3.46. The van der Waals surface area contributed by atoms with E-state index in [1.165, 1.54) is 0 Å². The number of nitrogens with one attached hydrogen (secondary N) is 1. The van der Waals surface area contributed by atoms with E-state index in [1.54, 1.807) is 21.8 Å². The van der Waals surface area contributed by atoms with Gasteiger partial charge in [0, 0.05) is 47.8 Å².